The maximum absolute atomic E-state index is 9.87. The predicted octanol–water partition coefficient (Wildman–Crippen LogP) is 1.70. The van der Waals surface area contributed by atoms with E-state index in [2.05, 4.69) is 5.32 Å². The highest BCUT2D eigenvalue weighted by Gasteiger charge is 2.19. The quantitative estimate of drug-likeness (QED) is 0.683. The van der Waals surface area contributed by atoms with Crippen LogP contribution in [0.15, 0.2) is 30.3 Å². The standard InChI is InChI=1S/C17H27NO3/c19-16-8-6-14(7-9-16)10-18-11-17(20)13-21-12-15-4-2-1-3-5-15/h1-5,14,16-20H,6-13H2. The number of nitrogens with one attached hydrogen (secondary N) is 1. The van der Waals surface area contributed by atoms with Crippen LogP contribution in [0.4, 0.5) is 0 Å². The lowest BCUT2D eigenvalue weighted by Gasteiger charge is -2.25. The molecule has 4 nitrogen and oxygen atoms in total. The molecule has 21 heavy (non-hydrogen) atoms. The van der Waals surface area contributed by atoms with Crippen molar-refractivity contribution in [3.8, 4) is 0 Å². The summed E-state index contributed by atoms with van der Waals surface area (Å²) < 4.78 is 5.52. The van der Waals surface area contributed by atoms with Gasteiger partial charge in [0.2, 0.25) is 0 Å². The van der Waals surface area contributed by atoms with Gasteiger partial charge in [0.25, 0.3) is 0 Å². The van der Waals surface area contributed by atoms with Crippen molar-refractivity contribution < 1.29 is 14.9 Å². The number of benzene rings is 1. The minimum Gasteiger partial charge on any atom is -0.393 e. The lowest BCUT2D eigenvalue weighted by molar-refractivity contribution is 0.0279. The van der Waals surface area contributed by atoms with Gasteiger partial charge in [-0.15, -0.1) is 0 Å². The number of hydrogen-bond donors (Lipinski definition) is 3. The third-order valence-electron chi connectivity index (χ3n) is 4.05. The van der Waals surface area contributed by atoms with E-state index < -0.39 is 6.10 Å². The van der Waals surface area contributed by atoms with Gasteiger partial charge in [0.15, 0.2) is 0 Å². The molecule has 1 aliphatic carbocycles. The summed E-state index contributed by atoms with van der Waals surface area (Å²) in [6, 6.07) is 9.98. The maximum atomic E-state index is 9.87. The van der Waals surface area contributed by atoms with E-state index in [0.717, 1.165) is 37.8 Å². The van der Waals surface area contributed by atoms with Gasteiger partial charge < -0.3 is 20.3 Å². The average Bonchev–Trinajstić information content (AvgIpc) is 2.50. The molecule has 0 heterocycles. The Balaban J connectivity index is 1.50. The maximum Gasteiger partial charge on any atom is 0.0897 e. The molecule has 3 N–H and O–H groups in total. The van der Waals surface area contributed by atoms with E-state index in [0.29, 0.717) is 25.7 Å². The van der Waals surface area contributed by atoms with Gasteiger partial charge in [-0.3, -0.25) is 0 Å². The summed E-state index contributed by atoms with van der Waals surface area (Å²) in [6.07, 6.45) is 3.41. The van der Waals surface area contributed by atoms with Gasteiger partial charge in [0.05, 0.1) is 25.4 Å². The van der Waals surface area contributed by atoms with Crippen molar-refractivity contribution in [3.63, 3.8) is 0 Å². The summed E-state index contributed by atoms with van der Waals surface area (Å²) in [4.78, 5) is 0. The fourth-order valence-electron chi connectivity index (χ4n) is 2.75. The van der Waals surface area contributed by atoms with Gasteiger partial charge >= 0.3 is 0 Å². The molecule has 1 aromatic carbocycles. The van der Waals surface area contributed by atoms with E-state index in [1.54, 1.807) is 0 Å². The minimum absolute atomic E-state index is 0.0989. The van der Waals surface area contributed by atoms with Crippen LogP contribution in [0.25, 0.3) is 0 Å². The third kappa shape index (κ3) is 6.57. The number of ether oxygens (including phenoxy) is 1. The fourth-order valence-corrected chi connectivity index (χ4v) is 2.75. The van der Waals surface area contributed by atoms with Gasteiger partial charge in [-0.1, -0.05) is 30.3 Å². The van der Waals surface area contributed by atoms with Crippen molar-refractivity contribution in [2.24, 2.45) is 5.92 Å². The Labute approximate surface area is 127 Å². The summed E-state index contributed by atoms with van der Waals surface area (Å²) >= 11 is 0. The summed E-state index contributed by atoms with van der Waals surface area (Å²) in [5.74, 6) is 0.630. The molecule has 2 rings (SSSR count). The van der Waals surface area contributed by atoms with Crippen LogP contribution in [0, 0.1) is 5.92 Å². The molecule has 0 saturated heterocycles. The Kier molecular flexibility index (Phi) is 7.16. The van der Waals surface area contributed by atoms with Gasteiger partial charge in [-0.2, -0.15) is 0 Å². The second kappa shape index (κ2) is 9.15. The lowest BCUT2D eigenvalue weighted by atomic mass is 9.87. The molecule has 0 spiro atoms. The second-order valence-electron chi connectivity index (χ2n) is 5.99. The Bertz CT molecular complexity index is 377. The van der Waals surface area contributed by atoms with E-state index in [9.17, 15) is 10.2 Å². The summed E-state index contributed by atoms with van der Waals surface area (Å²) in [6.45, 7) is 2.37. The summed E-state index contributed by atoms with van der Waals surface area (Å²) in [5.41, 5.74) is 1.12. The molecule has 0 radical (unpaired) electrons. The molecule has 1 fully saturated rings. The third-order valence-corrected chi connectivity index (χ3v) is 4.05. The van der Waals surface area contributed by atoms with E-state index in [4.69, 9.17) is 4.74 Å². The molecular formula is C17H27NO3. The van der Waals surface area contributed by atoms with Crippen LogP contribution in [0.5, 0.6) is 0 Å². The molecule has 1 aromatic rings. The predicted molar refractivity (Wildman–Crippen MR) is 82.9 cm³/mol. The highest BCUT2D eigenvalue weighted by molar-refractivity contribution is 5.13. The normalized spacial score (nSPS) is 23.9. The van der Waals surface area contributed by atoms with Crippen molar-refractivity contribution in [1.82, 2.24) is 5.32 Å². The van der Waals surface area contributed by atoms with E-state index in [1.165, 1.54) is 0 Å². The zero-order valence-corrected chi connectivity index (χ0v) is 12.6. The molecule has 1 unspecified atom stereocenters. The van der Waals surface area contributed by atoms with Crippen LogP contribution in [-0.2, 0) is 11.3 Å². The second-order valence-corrected chi connectivity index (χ2v) is 5.99. The van der Waals surface area contributed by atoms with E-state index in [1.807, 2.05) is 30.3 Å². The SMILES string of the molecule is OC1CCC(CNCC(O)COCc2ccccc2)CC1. The first-order valence-corrected chi connectivity index (χ1v) is 7.92. The van der Waals surface area contributed by atoms with E-state index >= 15 is 0 Å². The van der Waals surface area contributed by atoms with Gasteiger partial charge in [-0.25, -0.2) is 0 Å². The smallest absolute Gasteiger partial charge is 0.0897 e. The Morgan fingerprint density at radius 3 is 2.57 bits per heavy atom. The van der Waals surface area contributed by atoms with Crippen LogP contribution in [-0.4, -0.2) is 42.1 Å². The first-order chi connectivity index (χ1) is 10.2. The number of hydrogen-bond acceptors (Lipinski definition) is 4. The molecular weight excluding hydrogens is 266 g/mol. The van der Waals surface area contributed by atoms with E-state index in [-0.39, 0.29) is 6.10 Å². The van der Waals surface area contributed by atoms with Crippen molar-refractivity contribution in [3.05, 3.63) is 35.9 Å². The Morgan fingerprint density at radius 1 is 1.14 bits per heavy atom. The van der Waals surface area contributed by atoms with Crippen molar-refractivity contribution >= 4 is 0 Å². The first-order valence-electron chi connectivity index (χ1n) is 7.92. The lowest BCUT2D eigenvalue weighted by Crippen LogP contribution is -2.35. The molecule has 1 atom stereocenters. The molecule has 0 aromatic heterocycles. The number of aliphatic hydroxyl groups excluding tert-OH is 2. The van der Waals surface area contributed by atoms with Crippen molar-refractivity contribution in [2.45, 2.75) is 44.5 Å². The Hall–Kier alpha value is -0.940. The molecule has 1 aliphatic rings. The zero-order chi connectivity index (χ0) is 14.9. The largest absolute Gasteiger partial charge is 0.393 e. The molecule has 1 saturated carbocycles. The monoisotopic (exact) mass is 293 g/mol. The van der Waals surface area contributed by atoms with Crippen LogP contribution in [0.3, 0.4) is 0 Å². The molecule has 4 heteroatoms. The zero-order valence-electron chi connectivity index (χ0n) is 12.6. The topological polar surface area (TPSA) is 61.7 Å². The highest BCUT2D eigenvalue weighted by atomic mass is 16.5. The minimum atomic E-state index is -0.470. The molecule has 118 valence electrons. The number of aliphatic hydroxyl groups is 2. The number of rotatable bonds is 8. The van der Waals surface area contributed by atoms with Crippen LogP contribution < -0.4 is 5.32 Å². The van der Waals surface area contributed by atoms with Crippen LogP contribution in [0.2, 0.25) is 0 Å². The Morgan fingerprint density at radius 2 is 1.86 bits per heavy atom. The molecule has 0 bridgehead atoms. The van der Waals surface area contributed by atoms with Crippen molar-refractivity contribution in [1.29, 1.82) is 0 Å². The summed E-state index contributed by atoms with van der Waals surface area (Å²) in [5, 5.41) is 22.6. The van der Waals surface area contributed by atoms with Crippen LogP contribution >= 0.6 is 0 Å². The molecule has 0 amide bonds. The fraction of sp³-hybridized carbons (Fsp3) is 0.647. The van der Waals surface area contributed by atoms with Crippen molar-refractivity contribution in [2.75, 3.05) is 19.7 Å². The first kappa shape index (κ1) is 16.4. The van der Waals surface area contributed by atoms with Gasteiger partial charge in [-0.05, 0) is 43.7 Å². The highest BCUT2D eigenvalue weighted by Crippen LogP contribution is 2.23. The van der Waals surface area contributed by atoms with Gasteiger partial charge in [0, 0.05) is 6.54 Å². The summed E-state index contributed by atoms with van der Waals surface area (Å²) in [7, 11) is 0. The van der Waals surface area contributed by atoms with Crippen LogP contribution in [0.1, 0.15) is 31.2 Å². The average molecular weight is 293 g/mol. The van der Waals surface area contributed by atoms with Gasteiger partial charge in [0.1, 0.15) is 0 Å². The molecule has 0 aliphatic heterocycles.